The average molecular weight is 329 g/mol. The Kier molecular flexibility index (Phi) is 6.61. The molecular formula is C19H24FN3O. The predicted octanol–water partition coefficient (Wildman–Crippen LogP) is 3.82. The molecule has 0 aliphatic carbocycles. The van der Waals surface area contributed by atoms with Gasteiger partial charge in [-0.25, -0.2) is 4.39 Å². The van der Waals surface area contributed by atoms with E-state index in [1.54, 1.807) is 18.2 Å². The molecule has 4 nitrogen and oxygen atoms in total. The van der Waals surface area contributed by atoms with Crippen LogP contribution in [0.15, 0.2) is 53.5 Å². The fourth-order valence-corrected chi connectivity index (χ4v) is 2.35. The number of aliphatic imine (C=N–C) groups is 1. The first-order valence-corrected chi connectivity index (χ1v) is 8.20. The van der Waals surface area contributed by atoms with Crippen LogP contribution in [0.2, 0.25) is 0 Å². The van der Waals surface area contributed by atoms with Crippen LogP contribution in [0.5, 0.6) is 11.5 Å². The molecular weight excluding hydrogens is 305 g/mol. The van der Waals surface area contributed by atoms with Gasteiger partial charge in [-0.15, -0.1) is 0 Å². The van der Waals surface area contributed by atoms with Gasteiger partial charge in [0.05, 0.1) is 0 Å². The zero-order valence-corrected chi connectivity index (χ0v) is 14.2. The third-order valence-corrected chi connectivity index (χ3v) is 3.73. The molecule has 0 spiro atoms. The van der Waals surface area contributed by atoms with Gasteiger partial charge in [-0.1, -0.05) is 24.3 Å². The Morgan fingerprint density at radius 1 is 1.12 bits per heavy atom. The third-order valence-electron chi connectivity index (χ3n) is 3.73. The van der Waals surface area contributed by atoms with E-state index in [-0.39, 0.29) is 11.6 Å². The Bertz CT molecular complexity index is 670. The fourth-order valence-electron chi connectivity index (χ4n) is 2.35. The van der Waals surface area contributed by atoms with E-state index in [9.17, 15) is 4.39 Å². The molecule has 0 aliphatic rings. The maximum Gasteiger partial charge on any atom is 0.191 e. The lowest BCUT2D eigenvalue weighted by Gasteiger charge is -2.19. The van der Waals surface area contributed by atoms with Gasteiger partial charge in [-0.05, 0) is 50.1 Å². The Labute approximate surface area is 142 Å². The van der Waals surface area contributed by atoms with Gasteiger partial charge in [-0.3, -0.25) is 4.99 Å². The van der Waals surface area contributed by atoms with Crippen molar-refractivity contribution in [2.45, 2.75) is 20.3 Å². The minimum atomic E-state index is -0.378. The van der Waals surface area contributed by atoms with E-state index in [1.807, 2.05) is 43.0 Å². The summed E-state index contributed by atoms with van der Waals surface area (Å²) in [7, 11) is 0. The highest BCUT2D eigenvalue weighted by Crippen LogP contribution is 2.25. The van der Waals surface area contributed by atoms with E-state index in [1.165, 1.54) is 6.07 Å². The smallest absolute Gasteiger partial charge is 0.191 e. The van der Waals surface area contributed by atoms with Crippen LogP contribution in [0.1, 0.15) is 19.4 Å². The van der Waals surface area contributed by atoms with Crippen LogP contribution < -0.4 is 10.5 Å². The van der Waals surface area contributed by atoms with Crippen molar-refractivity contribution in [2.75, 3.05) is 19.6 Å². The van der Waals surface area contributed by atoms with Gasteiger partial charge in [0, 0.05) is 19.6 Å². The van der Waals surface area contributed by atoms with Crippen molar-refractivity contribution in [3.8, 4) is 11.5 Å². The highest BCUT2D eigenvalue weighted by molar-refractivity contribution is 5.77. The van der Waals surface area contributed by atoms with Crippen LogP contribution in [0.25, 0.3) is 0 Å². The highest BCUT2D eigenvalue weighted by Gasteiger charge is 2.06. The Balaban J connectivity index is 1.96. The molecule has 2 N–H and O–H groups in total. The van der Waals surface area contributed by atoms with Gasteiger partial charge in [0.1, 0.15) is 5.75 Å². The Hall–Kier alpha value is -2.56. The number of hydrogen-bond acceptors (Lipinski definition) is 2. The molecule has 0 saturated carbocycles. The second-order valence-corrected chi connectivity index (χ2v) is 5.34. The monoisotopic (exact) mass is 329 g/mol. The second-order valence-electron chi connectivity index (χ2n) is 5.34. The number of hydrogen-bond donors (Lipinski definition) is 1. The van der Waals surface area contributed by atoms with Crippen LogP contribution in [0.3, 0.4) is 0 Å². The number of nitrogens with two attached hydrogens (primary N) is 1. The first-order valence-electron chi connectivity index (χ1n) is 8.20. The van der Waals surface area contributed by atoms with Crippen LogP contribution in [-0.4, -0.2) is 30.5 Å². The van der Waals surface area contributed by atoms with Crippen LogP contribution in [-0.2, 0) is 6.42 Å². The molecule has 0 atom stereocenters. The molecule has 0 heterocycles. The molecule has 0 radical (unpaired) electrons. The summed E-state index contributed by atoms with van der Waals surface area (Å²) < 4.78 is 19.7. The molecule has 24 heavy (non-hydrogen) atoms. The van der Waals surface area contributed by atoms with Crippen molar-refractivity contribution < 1.29 is 9.13 Å². The first kappa shape index (κ1) is 17.8. The van der Waals surface area contributed by atoms with Gasteiger partial charge in [0.2, 0.25) is 0 Å². The van der Waals surface area contributed by atoms with Crippen molar-refractivity contribution >= 4 is 5.96 Å². The zero-order valence-electron chi connectivity index (χ0n) is 14.2. The SMILES string of the molecule is CCN(CC)C(N)=NCCc1ccc(Oc2ccccc2)c(F)c1. The van der Waals surface area contributed by atoms with Crippen molar-refractivity contribution in [2.24, 2.45) is 10.7 Å². The maximum atomic E-state index is 14.2. The number of nitrogens with zero attached hydrogens (tertiary/aromatic N) is 2. The van der Waals surface area contributed by atoms with E-state index in [0.717, 1.165) is 18.7 Å². The van der Waals surface area contributed by atoms with Gasteiger partial charge in [0.25, 0.3) is 0 Å². The van der Waals surface area contributed by atoms with Crippen molar-refractivity contribution in [3.63, 3.8) is 0 Å². The summed E-state index contributed by atoms with van der Waals surface area (Å²) in [5.74, 6) is 0.985. The number of ether oxygens (including phenoxy) is 1. The molecule has 0 bridgehead atoms. The summed E-state index contributed by atoms with van der Waals surface area (Å²) in [6, 6.07) is 14.1. The van der Waals surface area contributed by atoms with Crippen molar-refractivity contribution in [1.29, 1.82) is 0 Å². The van der Waals surface area contributed by atoms with E-state index in [4.69, 9.17) is 10.5 Å². The van der Waals surface area contributed by atoms with Gasteiger partial charge < -0.3 is 15.4 Å². The quantitative estimate of drug-likeness (QED) is 0.620. The predicted molar refractivity (Wildman–Crippen MR) is 96.0 cm³/mol. The molecule has 0 amide bonds. The Morgan fingerprint density at radius 3 is 2.46 bits per heavy atom. The maximum absolute atomic E-state index is 14.2. The number of benzene rings is 2. The molecule has 128 valence electrons. The summed E-state index contributed by atoms with van der Waals surface area (Å²) in [6.07, 6.45) is 0.629. The molecule has 2 aromatic rings. The van der Waals surface area contributed by atoms with Gasteiger partial charge in [-0.2, -0.15) is 0 Å². The number of para-hydroxylation sites is 1. The van der Waals surface area contributed by atoms with Crippen LogP contribution in [0, 0.1) is 5.82 Å². The van der Waals surface area contributed by atoms with E-state index < -0.39 is 0 Å². The third kappa shape index (κ3) is 4.98. The van der Waals surface area contributed by atoms with E-state index in [0.29, 0.717) is 24.7 Å². The normalized spacial score (nSPS) is 11.4. The molecule has 2 aromatic carbocycles. The second kappa shape index (κ2) is 8.91. The summed E-state index contributed by atoms with van der Waals surface area (Å²) in [6.45, 7) is 6.25. The van der Waals surface area contributed by atoms with Gasteiger partial charge in [0.15, 0.2) is 17.5 Å². The standard InChI is InChI=1S/C19H24FN3O/c1-3-23(4-2)19(21)22-13-12-15-10-11-18(17(20)14-15)24-16-8-6-5-7-9-16/h5-11,14H,3-4,12-13H2,1-2H3,(H2,21,22). The van der Waals surface area contributed by atoms with Crippen LogP contribution in [0.4, 0.5) is 4.39 Å². The summed E-state index contributed by atoms with van der Waals surface area (Å²) >= 11 is 0. The number of guanidine groups is 1. The number of halogens is 1. The molecule has 0 fully saturated rings. The molecule has 0 unspecified atom stereocenters. The summed E-state index contributed by atoms with van der Waals surface area (Å²) in [5.41, 5.74) is 6.79. The summed E-state index contributed by atoms with van der Waals surface area (Å²) in [5, 5.41) is 0. The largest absolute Gasteiger partial charge is 0.454 e. The van der Waals surface area contributed by atoms with Crippen molar-refractivity contribution in [1.82, 2.24) is 4.90 Å². The minimum Gasteiger partial charge on any atom is -0.454 e. The van der Waals surface area contributed by atoms with E-state index in [2.05, 4.69) is 4.99 Å². The minimum absolute atomic E-state index is 0.219. The number of rotatable bonds is 7. The van der Waals surface area contributed by atoms with Crippen molar-refractivity contribution in [3.05, 3.63) is 59.9 Å². The Morgan fingerprint density at radius 2 is 1.83 bits per heavy atom. The summed E-state index contributed by atoms with van der Waals surface area (Å²) in [4.78, 5) is 6.33. The molecule has 0 aliphatic heterocycles. The van der Waals surface area contributed by atoms with Gasteiger partial charge >= 0.3 is 0 Å². The fraction of sp³-hybridized carbons (Fsp3) is 0.316. The highest BCUT2D eigenvalue weighted by atomic mass is 19.1. The van der Waals surface area contributed by atoms with E-state index >= 15 is 0 Å². The first-order chi connectivity index (χ1) is 11.6. The topological polar surface area (TPSA) is 50.8 Å². The lowest BCUT2D eigenvalue weighted by atomic mass is 10.1. The molecule has 5 heteroatoms. The molecule has 0 aromatic heterocycles. The molecule has 0 saturated heterocycles. The lowest BCUT2D eigenvalue weighted by molar-refractivity contribution is 0.441. The molecule has 2 rings (SSSR count). The van der Waals surface area contributed by atoms with Crippen LogP contribution >= 0.6 is 0 Å². The lowest BCUT2D eigenvalue weighted by Crippen LogP contribution is -2.37. The zero-order chi connectivity index (χ0) is 17.4. The average Bonchev–Trinajstić information content (AvgIpc) is 2.59.